The van der Waals surface area contributed by atoms with Crippen LogP contribution in [-0.2, 0) is 6.54 Å². The first kappa shape index (κ1) is 12.9. The summed E-state index contributed by atoms with van der Waals surface area (Å²) >= 11 is 0. The summed E-state index contributed by atoms with van der Waals surface area (Å²) < 4.78 is 1.98. The maximum atomic E-state index is 11.5. The van der Waals surface area contributed by atoms with Crippen LogP contribution < -0.4 is 0 Å². The van der Waals surface area contributed by atoms with Crippen molar-refractivity contribution in [2.24, 2.45) is 5.92 Å². The minimum Gasteiger partial charge on any atom is -0.294 e. The van der Waals surface area contributed by atoms with E-state index in [2.05, 4.69) is 18.9 Å². The van der Waals surface area contributed by atoms with Crippen molar-refractivity contribution in [3.05, 3.63) is 17.0 Å². The molecule has 0 saturated heterocycles. The van der Waals surface area contributed by atoms with Gasteiger partial charge in [-0.15, -0.1) is 0 Å². The average Bonchev–Trinajstić information content (AvgIpc) is 2.42. The van der Waals surface area contributed by atoms with Crippen LogP contribution in [0.15, 0.2) is 0 Å². The number of ketones is 1. The number of Topliss-reactive ketones (excluding diaryl/α,β-unsaturated/α-hetero) is 1. The van der Waals surface area contributed by atoms with Crippen LogP contribution in [0.2, 0.25) is 0 Å². The molecule has 0 fully saturated rings. The van der Waals surface area contributed by atoms with Gasteiger partial charge in [0.25, 0.3) is 0 Å². The fraction of sp³-hybridized carbons (Fsp3) is 0.692. The topological polar surface area (TPSA) is 34.9 Å². The minimum absolute atomic E-state index is 0.115. The number of nitrogens with zero attached hydrogens (tertiary/aromatic N) is 2. The number of carbonyl (C=O) groups is 1. The zero-order chi connectivity index (χ0) is 12.3. The third-order valence-corrected chi connectivity index (χ3v) is 3.00. The van der Waals surface area contributed by atoms with Crippen molar-refractivity contribution >= 4 is 5.78 Å². The van der Waals surface area contributed by atoms with E-state index < -0.39 is 0 Å². The number of hydrogen-bond acceptors (Lipinski definition) is 2. The molecule has 0 saturated carbocycles. The van der Waals surface area contributed by atoms with Crippen LogP contribution >= 0.6 is 0 Å². The first-order valence-corrected chi connectivity index (χ1v) is 6.02. The molecule has 1 aromatic heterocycles. The molecule has 1 heterocycles. The molecule has 0 bridgehead atoms. The summed E-state index contributed by atoms with van der Waals surface area (Å²) in [4.78, 5) is 11.5. The second kappa shape index (κ2) is 5.28. The molecule has 0 amide bonds. The highest BCUT2D eigenvalue weighted by Gasteiger charge is 2.16. The Morgan fingerprint density at radius 3 is 2.50 bits per heavy atom. The minimum atomic E-state index is 0.115. The van der Waals surface area contributed by atoms with E-state index >= 15 is 0 Å². The van der Waals surface area contributed by atoms with E-state index in [0.717, 1.165) is 23.5 Å². The van der Waals surface area contributed by atoms with Crippen molar-refractivity contribution < 1.29 is 4.79 Å². The third-order valence-electron chi connectivity index (χ3n) is 3.00. The zero-order valence-corrected chi connectivity index (χ0v) is 11.0. The van der Waals surface area contributed by atoms with Gasteiger partial charge in [-0.25, -0.2) is 0 Å². The van der Waals surface area contributed by atoms with Gasteiger partial charge < -0.3 is 0 Å². The largest absolute Gasteiger partial charge is 0.294 e. The second-order valence-electron chi connectivity index (χ2n) is 4.68. The van der Waals surface area contributed by atoms with Gasteiger partial charge in [0.1, 0.15) is 0 Å². The molecular formula is C13H22N2O. The predicted octanol–water partition coefficient (Wildman–Crippen LogP) is 3.14. The van der Waals surface area contributed by atoms with Crippen LogP contribution in [0.1, 0.15) is 55.4 Å². The number of aryl methyl sites for hydroxylation is 1. The van der Waals surface area contributed by atoms with Crippen molar-refractivity contribution in [2.75, 3.05) is 0 Å². The Hall–Kier alpha value is -1.12. The number of carbonyl (C=O) groups excluding carboxylic acids is 1. The molecule has 1 atom stereocenters. The van der Waals surface area contributed by atoms with E-state index in [1.54, 1.807) is 6.92 Å². The number of aromatic nitrogens is 2. The van der Waals surface area contributed by atoms with Crippen molar-refractivity contribution in [3.8, 4) is 0 Å². The molecule has 0 spiro atoms. The maximum absolute atomic E-state index is 11.5. The van der Waals surface area contributed by atoms with Crippen LogP contribution in [0.5, 0.6) is 0 Å². The molecule has 90 valence electrons. The van der Waals surface area contributed by atoms with Gasteiger partial charge in [-0.3, -0.25) is 9.48 Å². The lowest BCUT2D eigenvalue weighted by Crippen LogP contribution is -2.11. The first-order chi connectivity index (χ1) is 7.47. The Morgan fingerprint density at radius 1 is 1.44 bits per heavy atom. The molecule has 1 aromatic rings. The van der Waals surface area contributed by atoms with Gasteiger partial charge in [-0.05, 0) is 33.1 Å². The highest BCUT2D eigenvalue weighted by atomic mass is 16.1. The molecule has 1 unspecified atom stereocenters. The molecule has 0 aliphatic heterocycles. The standard InChI is InChI=1S/C13H22N2O/c1-6-7-9(2)8-15-11(4)13(12(5)16)10(3)14-15/h9H,6-8H2,1-5H3. The van der Waals surface area contributed by atoms with Crippen LogP contribution in [-0.4, -0.2) is 15.6 Å². The lowest BCUT2D eigenvalue weighted by molar-refractivity contribution is 0.101. The molecule has 0 aliphatic carbocycles. The number of hydrogen-bond donors (Lipinski definition) is 0. The van der Waals surface area contributed by atoms with Crippen molar-refractivity contribution in [3.63, 3.8) is 0 Å². The fourth-order valence-corrected chi connectivity index (χ4v) is 2.26. The monoisotopic (exact) mass is 222 g/mol. The summed E-state index contributed by atoms with van der Waals surface area (Å²) in [5.41, 5.74) is 2.66. The molecule has 0 aromatic carbocycles. The quantitative estimate of drug-likeness (QED) is 0.717. The summed E-state index contributed by atoms with van der Waals surface area (Å²) in [5.74, 6) is 0.729. The molecule has 0 N–H and O–H groups in total. The van der Waals surface area contributed by atoms with E-state index in [1.807, 2.05) is 18.5 Å². The number of rotatable bonds is 5. The normalized spacial score (nSPS) is 12.8. The van der Waals surface area contributed by atoms with Crippen LogP contribution in [0, 0.1) is 19.8 Å². The summed E-state index contributed by atoms with van der Waals surface area (Å²) in [7, 11) is 0. The van der Waals surface area contributed by atoms with E-state index in [0.29, 0.717) is 5.92 Å². The lowest BCUT2D eigenvalue weighted by Gasteiger charge is -2.11. The van der Waals surface area contributed by atoms with Gasteiger partial charge in [-0.2, -0.15) is 5.10 Å². The highest BCUT2D eigenvalue weighted by molar-refractivity contribution is 5.96. The van der Waals surface area contributed by atoms with E-state index in [4.69, 9.17) is 0 Å². The summed E-state index contributed by atoms with van der Waals surface area (Å²) in [6, 6.07) is 0. The van der Waals surface area contributed by atoms with E-state index in [-0.39, 0.29) is 5.78 Å². The summed E-state index contributed by atoms with van der Waals surface area (Å²) in [5, 5.41) is 4.45. The maximum Gasteiger partial charge on any atom is 0.163 e. The summed E-state index contributed by atoms with van der Waals surface area (Å²) in [6.07, 6.45) is 2.40. The summed E-state index contributed by atoms with van der Waals surface area (Å²) in [6.45, 7) is 10.8. The Kier molecular flexibility index (Phi) is 4.27. The SMILES string of the molecule is CCCC(C)Cn1nc(C)c(C(C)=O)c1C. The van der Waals surface area contributed by atoms with E-state index in [9.17, 15) is 4.79 Å². The second-order valence-corrected chi connectivity index (χ2v) is 4.68. The van der Waals surface area contributed by atoms with Crippen LogP contribution in [0.25, 0.3) is 0 Å². The predicted molar refractivity (Wildman–Crippen MR) is 65.8 cm³/mol. The smallest absolute Gasteiger partial charge is 0.163 e. The molecule has 0 radical (unpaired) electrons. The Balaban J connectivity index is 2.90. The first-order valence-electron chi connectivity index (χ1n) is 6.02. The van der Waals surface area contributed by atoms with Gasteiger partial charge in [0, 0.05) is 12.2 Å². The average molecular weight is 222 g/mol. The molecule has 1 rings (SSSR count). The molecule has 3 heteroatoms. The van der Waals surface area contributed by atoms with Gasteiger partial charge >= 0.3 is 0 Å². The third kappa shape index (κ3) is 2.71. The van der Waals surface area contributed by atoms with Crippen LogP contribution in [0.4, 0.5) is 0 Å². The lowest BCUT2D eigenvalue weighted by atomic mass is 10.1. The van der Waals surface area contributed by atoms with E-state index in [1.165, 1.54) is 12.8 Å². The van der Waals surface area contributed by atoms with Crippen molar-refractivity contribution in [1.82, 2.24) is 9.78 Å². The Bertz CT molecular complexity index is 380. The van der Waals surface area contributed by atoms with Crippen molar-refractivity contribution in [1.29, 1.82) is 0 Å². The van der Waals surface area contributed by atoms with Crippen LogP contribution in [0.3, 0.4) is 0 Å². The fourth-order valence-electron chi connectivity index (χ4n) is 2.26. The van der Waals surface area contributed by atoms with Gasteiger partial charge in [0.05, 0.1) is 11.3 Å². The van der Waals surface area contributed by atoms with Crippen molar-refractivity contribution in [2.45, 2.75) is 54.0 Å². The Labute approximate surface area is 97.8 Å². The Morgan fingerprint density at radius 2 is 2.06 bits per heavy atom. The van der Waals surface area contributed by atoms with Gasteiger partial charge in [0.15, 0.2) is 5.78 Å². The molecule has 0 aliphatic rings. The molecule has 3 nitrogen and oxygen atoms in total. The highest BCUT2D eigenvalue weighted by Crippen LogP contribution is 2.16. The van der Waals surface area contributed by atoms with Gasteiger partial charge in [0.2, 0.25) is 0 Å². The molecular weight excluding hydrogens is 200 g/mol. The molecule has 16 heavy (non-hydrogen) atoms. The zero-order valence-electron chi connectivity index (χ0n) is 11.0. The van der Waals surface area contributed by atoms with Gasteiger partial charge in [-0.1, -0.05) is 20.3 Å².